The van der Waals surface area contributed by atoms with Gasteiger partial charge in [-0.05, 0) is 35.7 Å². The molecular formula is C21H23N3O2. The Hall–Kier alpha value is -2.63. The van der Waals surface area contributed by atoms with E-state index in [9.17, 15) is 9.90 Å². The molecule has 5 nitrogen and oxygen atoms in total. The van der Waals surface area contributed by atoms with Crippen molar-refractivity contribution in [1.29, 1.82) is 0 Å². The molecule has 0 spiro atoms. The maximum atomic E-state index is 12.7. The molecule has 4 rings (SSSR count). The quantitative estimate of drug-likeness (QED) is 0.663. The van der Waals surface area contributed by atoms with E-state index in [1.165, 1.54) is 5.56 Å². The maximum absolute atomic E-state index is 12.7. The van der Waals surface area contributed by atoms with Crippen LogP contribution in [0.15, 0.2) is 54.7 Å². The topological polar surface area (TPSA) is 68.4 Å². The molecule has 1 aliphatic heterocycles. The van der Waals surface area contributed by atoms with Crippen molar-refractivity contribution in [2.75, 3.05) is 13.1 Å². The molecule has 2 aromatic carbocycles. The molecule has 1 amide bonds. The minimum absolute atomic E-state index is 0.0680. The first kappa shape index (κ1) is 16.8. The smallest absolute Gasteiger partial charge is 0.252 e. The summed E-state index contributed by atoms with van der Waals surface area (Å²) >= 11 is 0. The SMILES string of the molecule is O=C(NCc1ccccc1CN1CCC(O)C1)c1cccc2[nH]ccc12. The summed E-state index contributed by atoms with van der Waals surface area (Å²) in [6, 6.07) is 15.8. The molecule has 1 saturated heterocycles. The average Bonchev–Trinajstić information content (AvgIpc) is 3.29. The van der Waals surface area contributed by atoms with E-state index < -0.39 is 0 Å². The number of likely N-dealkylation sites (tertiary alicyclic amines) is 1. The third kappa shape index (κ3) is 3.49. The predicted octanol–water partition coefficient (Wildman–Crippen LogP) is 2.66. The average molecular weight is 349 g/mol. The third-order valence-corrected chi connectivity index (χ3v) is 5.04. The summed E-state index contributed by atoms with van der Waals surface area (Å²) < 4.78 is 0. The Labute approximate surface area is 152 Å². The van der Waals surface area contributed by atoms with Crippen LogP contribution in [-0.2, 0) is 13.1 Å². The van der Waals surface area contributed by atoms with Gasteiger partial charge in [0.05, 0.1) is 6.10 Å². The van der Waals surface area contributed by atoms with E-state index in [1.807, 2.05) is 42.6 Å². The Morgan fingerprint density at radius 3 is 2.81 bits per heavy atom. The number of H-pyrrole nitrogens is 1. The van der Waals surface area contributed by atoms with Crippen molar-refractivity contribution in [2.24, 2.45) is 0 Å². The zero-order valence-corrected chi connectivity index (χ0v) is 14.6. The number of aromatic nitrogens is 1. The van der Waals surface area contributed by atoms with Crippen molar-refractivity contribution < 1.29 is 9.90 Å². The number of aliphatic hydroxyl groups excluding tert-OH is 1. The van der Waals surface area contributed by atoms with Crippen molar-refractivity contribution in [3.05, 3.63) is 71.4 Å². The maximum Gasteiger partial charge on any atom is 0.252 e. The van der Waals surface area contributed by atoms with Gasteiger partial charge in [-0.3, -0.25) is 9.69 Å². The van der Waals surface area contributed by atoms with Crippen LogP contribution in [0.1, 0.15) is 27.9 Å². The summed E-state index contributed by atoms with van der Waals surface area (Å²) in [5.74, 6) is -0.0680. The highest BCUT2D eigenvalue weighted by molar-refractivity contribution is 6.06. The van der Waals surface area contributed by atoms with Gasteiger partial charge in [-0.25, -0.2) is 0 Å². The summed E-state index contributed by atoms with van der Waals surface area (Å²) in [6.45, 7) is 2.93. The van der Waals surface area contributed by atoms with E-state index in [4.69, 9.17) is 0 Å². The Balaban J connectivity index is 1.46. The van der Waals surface area contributed by atoms with E-state index in [0.717, 1.165) is 42.5 Å². The fourth-order valence-electron chi connectivity index (χ4n) is 3.64. The van der Waals surface area contributed by atoms with Crippen LogP contribution in [0, 0.1) is 0 Å². The number of aliphatic hydroxyl groups is 1. The molecule has 3 N–H and O–H groups in total. The van der Waals surface area contributed by atoms with Crippen LogP contribution >= 0.6 is 0 Å². The lowest BCUT2D eigenvalue weighted by Gasteiger charge is -2.18. The second-order valence-corrected chi connectivity index (χ2v) is 6.87. The molecule has 0 saturated carbocycles. The molecular weight excluding hydrogens is 326 g/mol. The first-order valence-electron chi connectivity index (χ1n) is 9.02. The highest BCUT2D eigenvalue weighted by Crippen LogP contribution is 2.19. The van der Waals surface area contributed by atoms with Crippen LogP contribution in [0.3, 0.4) is 0 Å². The number of nitrogens with one attached hydrogen (secondary N) is 2. The zero-order chi connectivity index (χ0) is 17.9. The van der Waals surface area contributed by atoms with Gasteiger partial charge in [-0.1, -0.05) is 30.3 Å². The van der Waals surface area contributed by atoms with Crippen LogP contribution < -0.4 is 5.32 Å². The second-order valence-electron chi connectivity index (χ2n) is 6.87. The molecule has 1 aromatic heterocycles. The number of hydrogen-bond donors (Lipinski definition) is 3. The Morgan fingerprint density at radius 1 is 1.15 bits per heavy atom. The highest BCUT2D eigenvalue weighted by atomic mass is 16.3. The standard InChI is InChI=1S/C21H23N3O2/c25-17-9-11-24(14-17)13-16-5-2-1-4-15(16)12-23-21(26)19-6-3-7-20-18(19)8-10-22-20/h1-8,10,17,22,25H,9,11-14H2,(H,23,26). The van der Waals surface area contributed by atoms with Gasteiger partial charge < -0.3 is 15.4 Å². The zero-order valence-electron chi connectivity index (χ0n) is 14.6. The van der Waals surface area contributed by atoms with Gasteiger partial charge in [0.25, 0.3) is 5.91 Å². The minimum atomic E-state index is -0.219. The van der Waals surface area contributed by atoms with E-state index in [2.05, 4.69) is 27.3 Å². The number of hydrogen-bond acceptors (Lipinski definition) is 3. The largest absolute Gasteiger partial charge is 0.392 e. The second kappa shape index (κ2) is 7.32. The van der Waals surface area contributed by atoms with Gasteiger partial charge in [-0.15, -0.1) is 0 Å². The number of rotatable bonds is 5. The van der Waals surface area contributed by atoms with Gasteiger partial charge in [0.2, 0.25) is 0 Å². The number of benzene rings is 2. The van der Waals surface area contributed by atoms with Crippen molar-refractivity contribution in [3.8, 4) is 0 Å². The molecule has 3 aromatic rings. The molecule has 2 heterocycles. The van der Waals surface area contributed by atoms with Crippen LogP contribution in [0.2, 0.25) is 0 Å². The van der Waals surface area contributed by atoms with Gasteiger partial charge in [0, 0.05) is 48.8 Å². The molecule has 0 radical (unpaired) electrons. The normalized spacial score (nSPS) is 17.7. The van der Waals surface area contributed by atoms with Gasteiger partial charge in [-0.2, -0.15) is 0 Å². The number of carbonyl (C=O) groups excluding carboxylic acids is 1. The number of amides is 1. The monoisotopic (exact) mass is 349 g/mol. The third-order valence-electron chi connectivity index (χ3n) is 5.04. The Morgan fingerprint density at radius 2 is 2.00 bits per heavy atom. The number of nitrogens with zero attached hydrogens (tertiary/aromatic N) is 1. The first-order chi connectivity index (χ1) is 12.7. The summed E-state index contributed by atoms with van der Waals surface area (Å²) in [5, 5.41) is 13.7. The van der Waals surface area contributed by atoms with Crippen LogP contribution in [0.25, 0.3) is 10.9 Å². The van der Waals surface area contributed by atoms with Gasteiger partial charge in [0.15, 0.2) is 0 Å². The summed E-state index contributed by atoms with van der Waals surface area (Å²) in [7, 11) is 0. The number of β-amino-alcohol motifs (C(OH)–C–C–N with tert-alkyl or cyclic N) is 1. The molecule has 1 aliphatic rings. The fourth-order valence-corrected chi connectivity index (χ4v) is 3.64. The lowest BCUT2D eigenvalue weighted by Crippen LogP contribution is -2.25. The molecule has 5 heteroatoms. The van der Waals surface area contributed by atoms with E-state index >= 15 is 0 Å². The summed E-state index contributed by atoms with van der Waals surface area (Å²) in [4.78, 5) is 18.1. The lowest BCUT2D eigenvalue weighted by atomic mass is 10.1. The number of aromatic amines is 1. The molecule has 26 heavy (non-hydrogen) atoms. The Kier molecular flexibility index (Phi) is 4.73. The first-order valence-corrected chi connectivity index (χ1v) is 9.02. The molecule has 0 bridgehead atoms. The lowest BCUT2D eigenvalue weighted by molar-refractivity contribution is 0.0952. The van der Waals surface area contributed by atoms with Gasteiger partial charge in [0.1, 0.15) is 0 Å². The van der Waals surface area contributed by atoms with Crippen molar-refractivity contribution in [3.63, 3.8) is 0 Å². The molecule has 134 valence electrons. The minimum Gasteiger partial charge on any atom is -0.392 e. The summed E-state index contributed by atoms with van der Waals surface area (Å²) in [5.41, 5.74) is 3.96. The van der Waals surface area contributed by atoms with Crippen LogP contribution in [-0.4, -0.2) is 40.1 Å². The van der Waals surface area contributed by atoms with Crippen molar-refractivity contribution >= 4 is 16.8 Å². The fraction of sp³-hybridized carbons (Fsp3) is 0.286. The van der Waals surface area contributed by atoms with E-state index in [0.29, 0.717) is 12.1 Å². The van der Waals surface area contributed by atoms with Crippen molar-refractivity contribution in [2.45, 2.75) is 25.6 Å². The number of carbonyl (C=O) groups is 1. The van der Waals surface area contributed by atoms with Crippen LogP contribution in [0.5, 0.6) is 0 Å². The molecule has 1 atom stereocenters. The van der Waals surface area contributed by atoms with Gasteiger partial charge >= 0.3 is 0 Å². The highest BCUT2D eigenvalue weighted by Gasteiger charge is 2.20. The van der Waals surface area contributed by atoms with E-state index in [-0.39, 0.29) is 12.0 Å². The van der Waals surface area contributed by atoms with Crippen LogP contribution in [0.4, 0.5) is 0 Å². The molecule has 1 fully saturated rings. The van der Waals surface area contributed by atoms with Crippen molar-refractivity contribution in [1.82, 2.24) is 15.2 Å². The predicted molar refractivity (Wildman–Crippen MR) is 102 cm³/mol. The summed E-state index contributed by atoms with van der Waals surface area (Å²) in [6.07, 6.45) is 2.46. The Bertz CT molecular complexity index is 918. The molecule has 1 unspecified atom stereocenters. The molecule has 0 aliphatic carbocycles. The van der Waals surface area contributed by atoms with E-state index in [1.54, 1.807) is 0 Å². The number of fused-ring (bicyclic) bond motifs is 1.